The number of carboxylic acids is 1. The molecular weight excluding hydrogens is 452 g/mol. The summed E-state index contributed by atoms with van der Waals surface area (Å²) in [5.74, 6) is -1.93. The van der Waals surface area contributed by atoms with Crippen LogP contribution >= 0.6 is 0 Å². The number of rotatable bonds is 9. The highest BCUT2D eigenvalue weighted by Crippen LogP contribution is 2.36. The second-order valence-corrected chi connectivity index (χ2v) is 8.12. The summed E-state index contributed by atoms with van der Waals surface area (Å²) in [6.07, 6.45) is -1.93. The Kier molecular flexibility index (Phi) is 6.67. The Morgan fingerprint density at radius 3 is 2.35 bits per heavy atom. The van der Waals surface area contributed by atoms with Gasteiger partial charge in [0, 0.05) is 12.6 Å². The molecule has 1 atom stereocenters. The van der Waals surface area contributed by atoms with Crippen LogP contribution in [0.5, 0.6) is 0 Å². The van der Waals surface area contributed by atoms with Crippen LogP contribution in [0.1, 0.15) is 42.0 Å². The van der Waals surface area contributed by atoms with E-state index in [9.17, 15) is 23.1 Å². The van der Waals surface area contributed by atoms with E-state index in [4.69, 9.17) is 0 Å². The Labute approximate surface area is 193 Å². The minimum atomic E-state index is -4.43. The van der Waals surface area contributed by atoms with Gasteiger partial charge >= 0.3 is 12.1 Å². The lowest BCUT2D eigenvalue weighted by atomic mass is 10.0. The minimum absolute atomic E-state index is 0.00322. The second kappa shape index (κ2) is 9.66. The summed E-state index contributed by atoms with van der Waals surface area (Å²) in [6.45, 7) is 0.174. The molecule has 2 N–H and O–H groups in total. The van der Waals surface area contributed by atoms with Crippen molar-refractivity contribution >= 4 is 17.6 Å². The molecule has 3 aromatic rings. The number of hydrogen-bond acceptors (Lipinski definition) is 5. The molecule has 34 heavy (non-hydrogen) atoms. The molecule has 0 bridgehead atoms. The number of hydrogen-bond donors (Lipinski definition) is 2. The average molecular weight is 474 g/mol. The number of carboxylic acid groups (broad SMARTS) is 1. The maximum Gasteiger partial charge on any atom is 0.416 e. The average Bonchev–Trinajstić information content (AvgIpc) is 3.64. The van der Waals surface area contributed by atoms with E-state index in [0.29, 0.717) is 11.1 Å². The highest BCUT2D eigenvalue weighted by atomic mass is 19.4. The van der Waals surface area contributed by atoms with Crippen LogP contribution in [-0.4, -0.2) is 27.1 Å². The van der Waals surface area contributed by atoms with E-state index in [1.54, 1.807) is 35.2 Å². The summed E-state index contributed by atoms with van der Waals surface area (Å²) in [5, 5.41) is 12.2. The van der Waals surface area contributed by atoms with Gasteiger partial charge in [0.25, 0.3) is 0 Å². The molecule has 0 radical (unpaired) electrons. The van der Waals surface area contributed by atoms with Gasteiger partial charge in [-0.1, -0.05) is 42.5 Å². The number of benzene rings is 2. The third-order valence-corrected chi connectivity index (χ3v) is 5.56. The van der Waals surface area contributed by atoms with Gasteiger partial charge in [-0.15, -0.1) is 0 Å². The first-order chi connectivity index (χ1) is 16.2. The molecule has 178 valence electrons. The molecule has 6 nitrogen and oxygen atoms in total. The molecule has 1 saturated carbocycles. The van der Waals surface area contributed by atoms with E-state index in [1.165, 1.54) is 18.5 Å². The number of carbonyl (C=O) groups is 1. The molecule has 0 amide bonds. The molecule has 0 unspecified atom stereocenters. The largest absolute Gasteiger partial charge is 0.481 e. The third-order valence-electron chi connectivity index (χ3n) is 5.56. The van der Waals surface area contributed by atoms with Crippen molar-refractivity contribution in [3.63, 3.8) is 0 Å². The summed E-state index contributed by atoms with van der Waals surface area (Å²) in [6, 6.07) is 12.8. The van der Waals surface area contributed by atoms with Gasteiger partial charge in [-0.25, -0.2) is 9.97 Å². The normalized spacial score (nSPS) is 14.5. The summed E-state index contributed by atoms with van der Waals surface area (Å²) in [4.78, 5) is 21.2. The first kappa shape index (κ1) is 23.5. The van der Waals surface area contributed by atoms with Crippen LogP contribution in [0.4, 0.5) is 29.2 Å². The molecule has 1 fully saturated rings. The highest BCUT2D eigenvalue weighted by molar-refractivity contribution is 5.69. The standard InChI is InChI=1S/C24H22F4N4O2/c25-21-22(31-19(12-20(33)34)16-4-2-1-3-5-16)29-14-30-23(21)32(18-10-11-18)13-15-6-8-17(9-7-15)24(26,27)28/h1-9,14,18-19H,10-13H2,(H,33,34)(H,29,30,31)/t19-/m0/s1. The number of alkyl halides is 3. The third kappa shape index (κ3) is 5.62. The van der Waals surface area contributed by atoms with Gasteiger partial charge in [-0.05, 0) is 36.1 Å². The van der Waals surface area contributed by atoms with E-state index >= 15 is 4.39 Å². The molecule has 10 heteroatoms. The summed E-state index contributed by atoms with van der Waals surface area (Å²) in [7, 11) is 0. The zero-order valence-corrected chi connectivity index (χ0v) is 18.0. The lowest BCUT2D eigenvalue weighted by molar-refractivity contribution is -0.138. The smallest absolute Gasteiger partial charge is 0.416 e. The number of aliphatic carboxylic acids is 1. The van der Waals surface area contributed by atoms with Gasteiger partial charge in [-0.3, -0.25) is 4.79 Å². The summed E-state index contributed by atoms with van der Waals surface area (Å²) in [5.41, 5.74) is 0.494. The number of aromatic nitrogens is 2. The van der Waals surface area contributed by atoms with Crippen LogP contribution < -0.4 is 10.2 Å². The van der Waals surface area contributed by atoms with Gasteiger partial charge in [0.2, 0.25) is 5.82 Å². The molecule has 1 aliphatic carbocycles. The fraction of sp³-hybridized carbons (Fsp3) is 0.292. The lowest BCUT2D eigenvalue weighted by Gasteiger charge is -2.25. The topological polar surface area (TPSA) is 78.3 Å². The quantitative estimate of drug-likeness (QED) is 0.403. The van der Waals surface area contributed by atoms with E-state index in [1.807, 2.05) is 0 Å². The number of anilines is 2. The fourth-order valence-corrected chi connectivity index (χ4v) is 3.70. The monoisotopic (exact) mass is 474 g/mol. The van der Waals surface area contributed by atoms with Crippen molar-refractivity contribution in [2.75, 3.05) is 10.2 Å². The van der Waals surface area contributed by atoms with Crippen molar-refractivity contribution < 1.29 is 27.5 Å². The van der Waals surface area contributed by atoms with Crippen LogP contribution in [0.15, 0.2) is 60.9 Å². The van der Waals surface area contributed by atoms with E-state index in [-0.39, 0.29) is 30.6 Å². The Hall–Kier alpha value is -3.69. The van der Waals surface area contributed by atoms with Crippen molar-refractivity contribution in [3.8, 4) is 0 Å². The summed E-state index contributed by atoms with van der Waals surface area (Å²) < 4.78 is 54.1. The second-order valence-electron chi connectivity index (χ2n) is 8.12. The van der Waals surface area contributed by atoms with Gasteiger partial charge in [0.15, 0.2) is 11.6 Å². The predicted octanol–water partition coefficient (Wildman–Crippen LogP) is 5.43. The van der Waals surface area contributed by atoms with Crippen LogP contribution in [0.2, 0.25) is 0 Å². The Balaban J connectivity index is 1.59. The van der Waals surface area contributed by atoms with Crippen molar-refractivity contribution in [3.05, 3.63) is 83.4 Å². The maximum atomic E-state index is 15.5. The maximum absolute atomic E-state index is 15.5. The number of nitrogens with zero attached hydrogens (tertiary/aromatic N) is 3. The Bertz CT molecular complexity index is 1140. The Morgan fingerprint density at radius 1 is 1.09 bits per heavy atom. The molecule has 0 spiro atoms. The molecular formula is C24H22F4N4O2. The highest BCUT2D eigenvalue weighted by Gasteiger charge is 2.34. The van der Waals surface area contributed by atoms with Crippen LogP contribution in [0.3, 0.4) is 0 Å². The lowest BCUT2D eigenvalue weighted by Crippen LogP contribution is -2.28. The zero-order valence-electron chi connectivity index (χ0n) is 18.0. The molecule has 1 aliphatic rings. The zero-order chi connectivity index (χ0) is 24.3. The molecule has 2 aromatic carbocycles. The van der Waals surface area contributed by atoms with Gasteiger partial charge < -0.3 is 15.3 Å². The van der Waals surface area contributed by atoms with Crippen LogP contribution in [-0.2, 0) is 17.5 Å². The van der Waals surface area contributed by atoms with E-state index < -0.39 is 29.6 Å². The summed E-state index contributed by atoms with van der Waals surface area (Å²) >= 11 is 0. The van der Waals surface area contributed by atoms with Crippen molar-refractivity contribution in [2.24, 2.45) is 0 Å². The van der Waals surface area contributed by atoms with Crippen LogP contribution in [0, 0.1) is 5.82 Å². The molecule has 4 rings (SSSR count). The molecule has 1 aromatic heterocycles. The first-order valence-corrected chi connectivity index (χ1v) is 10.7. The number of halogens is 4. The first-order valence-electron chi connectivity index (χ1n) is 10.7. The minimum Gasteiger partial charge on any atom is -0.481 e. The number of nitrogens with one attached hydrogen (secondary N) is 1. The molecule has 0 aliphatic heterocycles. The van der Waals surface area contributed by atoms with Crippen LogP contribution in [0.25, 0.3) is 0 Å². The van der Waals surface area contributed by atoms with Gasteiger partial charge in [0.1, 0.15) is 6.33 Å². The van der Waals surface area contributed by atoms with Crippen molar-refractivity contribution in [1.82, 2.24) is 9.97 Å². The molecule has 0 saturated heterocycles. The van der Waals surface area contributed by atoms with Gasteiger partial charge in [-0.2, -0.15) is 17.6 Å². The SMILES string of the molecule is O=C(O)C[C@H](Nc1ncnc(N(Cc2ccc(C(F)(F)F)cc2)C2CC2)c1F)c1ccccc1. The van der Waals surface area contributed by atoms with E-state index in [2.05, 4.69) is 15.3 Å². The van der Waals surface area contributed by atoms with Crippen molar-refractivity contribution in [1.29, 1.82) is 0 Å². The van der Waals surface area contributed by atoms with Crippen molar-refractivity contribution in [2.45, 2.75) is 44.1 Å². The Morgan fingerprint density at radius 2 is 1.76 bits per heavy atom. The molecule has 1 heterocycles. The van der Waals surface area contributed by atoms with Gasteiger partial charge in [0.05, 0.1) is 18.0 Å². The predicted molar refractivity (Wildman–Crippen MR) is 118 cm³/mol. The van der Waals surface area contributed by atoms with E-state index in [0.717, 1.165) is 25.0 Å². The fourth-order valence-electron chi connectivity index (χ4n) is 3.70.